The van der Waals surface area contributed by atoms with Crippen LogP contribution in [-0.4, -0.2) is 5.84 Å². The molecule has 0 bridgehead atoms. The zero-order valence-electron chi connectivity index (χ0n) is 10.3. The van der Waals surface area contributed by atoms with E-state index in [0.29, 0.717) is 17.7 Å². The number of nitrogens with zero attached hydrogens (tertiary/aromatic N) is 2. The highest BCUT2D eigenvalue weighted by Gasteiger charge is 2.26. The van der Waals surface area contributed by atoms with Gasteiger partial charge in [0.15, 0.2) is 0 Å². The number of rotatable bonds is 1. The van der Waals surface area contributed by atoms with Crippen LogP contribution in [0.5, 0.6) is 0 Å². The second-order valence-electron chi connectivity index (χ2n) is 4.51. The zero-order valence-corrected chi connectivity index (χ0v) is 11.9. The van der Waals surface area contributed by atoms with Crippen LogP contribution in [0, 0.1) is 22.6 Å². The van der Waals surface area contributed by atoms with E-state index in [0.717, 1.165) is 15.7 Å². The minimum absolute atomic E-state index is 0.268. The van der Waals surface area contributed by atoms with Crippen molar-refractivity contribution in [3.63, 3.8) is 0 Å². The molecule has 0 saturated carbocycles. The number of anilines is 1. The number of fused-ring (bicyclic) bond motifs is 1. The molecule has 0 fully saturated rings. The second kappa shape index (κ2) is 4.73. The van der Waals surface area contributed by atoms with Crippen LogP contribution in [0.2, 0.25) is 0 Å². The molecule has 2 aromatic rings. The largest absolute Gasteiger partial charge is 0.321 e. The average Bonchev–Trinajstić information content (AvgIpc) is 2.76. The van der Waals surface area contributed by atoms with Crippen molar-refractivity contribution >= 4 is 27.5 Å². The smallest absolute Gasteiger partial charge is 0.133 e. The van der Waals surface area contributed by atoms with Crippen LogP contribution in [0.4, 0.5) is 10.1 Å². The summed E-state index contributed by atoms with van der Waals surface area (Å²) < 4.78 is 14.0. The summed E-state index contributed by atoms with van der Waals surface area (Å²) in [6, 6.07) is 11.8. The molecule has 0 atom stereocenters. The highest BCUT2D eigenvalue weighted by Crippen LogP contribution is 2.34. The molecule has 5 heteroatoms. The molecule has 20 heavy (non-hydrogen) atoms. The normalized spacial score (nSPS) is 13.2. The Bertz CT molecular complexity index is 764. The second-order valence-corrected chi connectivity index (χ2v) is 5.37. The van der Waals surface area contributed by atoms with E-state index in [1.165, 1.54) is 12.1 Å². The van der Waals surface area contributed by atoms with Crippen molar-refractivity contribution in [3.05, 3.63) is 63.4 Å². The van der Waals surface area contributed by atoms with Crippen LogP contribution in [-0.2, 0) is 6.54 Å². The van der Waals surface area contributed by atoms with Gasteiger partial charge in [-0.15, -0.1) is 0 Å². The number of benzene rings is 2. The Labute approximate surface area is 123 Å². The number of hydrogen-bond donors (Lipinski definition) is 1. The molecular formula is C15H9BrFN3. The van der Waals surface area contributed by atoms with Gasteiger partial charge in [0.05, 0.1) is 23.9 Å². The van der Waals surface area contributed by atoms with Crippen LogP contribution in [0.1, 0.15) is 16.7 Å². The van der Waals surface area contributed by atoms with E-state index in [2.05, 4.69) is 22.0 Å². The minimum atomic E-state index is -0.339. The molecule has 0 amide bonds. The highest BCUT2D eigenvalue weighted by molar-refractivity contribution is 9.10. The third-order valence-electron chi connectivity index (χ3n) is 3.29. The van der Waals surface area contributed by atoms with E-state index in [1.54, 1.807) is 29.2 Å². The Morgan fingerprint density at radius 1 is 1.25 bits per heavy atom. The maximum Gasteiger partial charge on any atom is 0.133 e. The third kappa shape index (κ3) is 1.98. The maximum atomic E-state index is 13.3. The number of nitrogens with one attached hydrogen (secondary N) is 1. The van der Waals surface area contributed by atoms with Crippen LogP contribution in [0.25, 0.3) is 0 Å². The van der Waals surface area contributed by atoms with Gasteiger partial charge >= 0.3 is 0 Å². The Morgan fingerprint density at radius 3 is 2.75 bits per heavy atom. The Balaban J connectivity index is 2.03. The van der Waals surface area contributed by atoms with E-state index >= 15 is 0 Å². The lowest BCUT2D eigenvalue weighted by Gasteiger charge is -2.19. The molecule has 2 aromatic carbocycles. The van der Waals surface area contributed by atoms with Crippen molar-refractivity contribution in [2.75, 3.05) is 4.90 Å². The van der Waals surface area contributed by atoms with E-state index in [9.17, 15) is 4.39 Å². The van der Waals surface area contributed by atoms with Crippen molar-refractivity contribution in [3.8, 4) is 6.07 Å². The number of nitriles is 1. The predicted molar refractivity (Wildman–Crippen MR) is 78.3 cm³/mol. The monoisotopic (exact) mass is 329 g/mol. The van der Waals surface area contributed by atoms with Gasteiger partial charge in [-0.05, 0) is 51.8 Å². The Hall–Kier alpha value is -2.19. The van der Waals surface area contributed by atoms with Gasteiger partial charge in [-0.25, -0.2) is 4.39 Å². The average molecular weight is 330 g/mol. The molecule has 0 unspecified atom stereocenters. The van der Waals surface area contributed by atoms with Crippen molar-refractivity contribution < 1.29 is 4.39 Å². The van der Waals surface area contributed by atoms with E-state index in [-0.39, 0.29) is 11.7 Å². The third-order valence-corrected chi connectivity index (χ3v) is 3.93. The van der Waals surface area contributed by atoms with Crippen molar-refractivity contribution in [2.45, 2.75) is 6.54 Å². The summed E-state index contributed by atoms with van der Waals surface area (Å²) in [6.07, 6.45) is 0. The molecule has 3 nitrogen and oxygen atoms in total. The molecule has 1 aliphatic rings. The zero-order chi connectivity index (χ0) is 14.3. The molecule has 0 saturated heterocycles. The van der Waals surface area contributed by atoms with E-state index in [1.807, 2.05) is 0 Å². The van der Waals surface area contributed by atoms with Crippen molar-refractivity contribution in [2.24, 2.45) is 0 Å². The molecule has 3 rings (SSSR count). The van der Waals surface area contributed by atoms with Gasteiger partial charge in [0, 0.05) is 10.0 Å². The predicted octanol–water partition coefficient (Wildman–Crippen LogP) is 3.81. The molecule has 0 radical (unpaired) electrons. The molecule has 0 aliphatic carbocycles. The first-order valence-corrected chi connectivity index (χ1v) is 6.74. The molecule has 1 N–H and O–H groups in total. The van der Waals surface area contributed by atoms with Crippen LogP contribution in [0.15, 0.2) is 40.9 Å². The maximum absolute atomic E-state index is 13.3. The Kier molecular flexibility index (Phi) is 3.03. The molecular weight excluding hydrogens is 321 g/mol. The van der Waals surface area contributed by atoms with Crippen molar-refractivity contribution in [1.82, 2.24) is 0 Å². The van der Waals surface area contributed by atoms with E-state index < -0.39 is 0 Å². The summed E-state index contributed by atoms with van der Waals surface area (Å²) in [4.78, 5) is 1.79. The minimum Gasteiger partial charge on any atom is -0.321 e. The van der Waals surface area contributed by atoms with Crippen molar-refractivity contribution in [1.29, 1.82) is 10.7 Å². The lowest BCUT2D eigenvalue weighted by atomic mass is 10.1. The molecule has 0 aromatic heterocycles. The van der Waals surface area contributed by atoms with Gasteiger partial charge in [0.1, 0.15) is 11.7 Å². The standard InChI is InChI=1S/C15H9BrFN3/c16-13-5-9(7-18)1-4-14(13)20-8-10-2-3-11(17)6-12(10)15(20)19/h1-6,19H,8H2. The van der Waals surface area contributed by atoms with Crippen LogP contribution in [0.3, 0.4) is 0 Å². The summed E-state index contributed by atoms with van der Waals surface area (Å²) in [6.45, 7) is 0.527. The first kappa shape index (κ1) is 12.8. The molecule has 98 valence electrons. The SMILES string of the molecule is N#Cc1ccc(N2Cc3ccc(F)cc3C2=N)c(Br)c1. The van der Waals surface area contributed by atoms with Gasteiger partial charge < -0.3 is 4.90 Å². The van der Waals surface area contributed by atoms with Gasteiger partial charge in [-0.2, -0.15) is 5.26 Å². The van der Waals surface area contributed by atoms with Gasteiger partial charge in [-0.1, -0.05) is 6.07 Å². The summed E-state index contributed by atoms with van der Waals surface area (Å²) in [5, 5.41) is 17.1. The summed E-state index contributed by atoms with van der Waals surface area (Å²) in [7, 11) is 0. The lowest BCUT2D eigenvalue weighted by Crippen LogP contribution is -2.23. The van der Waals surface area contributed by atoms with Gasteiger partial charge in [0.25, 0.3) is 0 Å². The first-order chi connectivity index (χ1) is 9.60. The topological polar surface area (TPSA) is 50.9 Å². The van der Waals surface area contributed by atoms with Gasteiger partial charge in [-0.3, -0.25) is 5.41 Å². The fraction of sp³-hybridized carbons (Fsp3) is 0.0667. The quantitative estimate of drug-likeness (QED) is 0.864. The van der Waals surface area contributed by atoms with E-state index in [4.69, 9.17) is 10.7 Å². The fourth-order valence-electron chi connectivity index (χ4n) is 2.30. The fourth-order valence-corrected chi connectivity index (χ4v) is 2.90. The lowest BCUT2D eigenvalue weighted by molar-refractivity contribution is 0.627. The summed E-state index contributed by atoms with van der Waals surface area (Å²) >= 11 is 3.42. The number of amidine groups is 1. The molecule has 0 spiro atoms. The Morgan fingerprint density at radius 2 is 2.05 bits per heavy atom. The highest BCUT2D eigenvalue weighted by atomic mass is 79.9. The number of hydrogen-bond acceptors (Lipinski definition) is 2. The molecule has 1 aliphatic heterocycles. The first-order valence-electron chi connectivity index (χ1n) is 5.94. The van der Waals surface area contributed by atoms with Crippen LogP contribution >= 0.6 is 15.9 Å². The van der Waals surface area contributed by atoms with Gasteiger partial charge in [0.2, 0.25) is 0 Å². The number of halogens is 2. The molecule has 1 heterocycles. The van der Waals surface area contributed by atoms with Crippen LogP contribution < -0.4 is 4.90 Å². The summed E-state index contributed by atoms with van der Waals surface area (Å²) in [5.41, 5.74) is 2.88. The summed E-state index contributed by atoms with van der Waals surface area (Å²) in [5.74, 6) is -0.0702.